The second kappa shape index (κ2) is 8.24. The predicted molar refractivity (Wildman–Crippen MR) is 94.5 cm³/mol. The third-order valence-electron chi connectivity index (χ3n) is 4.25. The molecule has 1 saturated heterocycles. The average molecular weight is 367 g/mol. The lowest BCUT2D eigenvalue weighted by atomic mass is 10.1. The zero-order valence-electron chi connectivity index (χ0n) is 15.1. The van der Waals surface area contributed by atoms with E-state index in [2.05, 4.69) is 10.6 Å². The topological polar surface area (TPSA) is 120 Å². The Balaban J connectivity index is 2.03. The molecule has 1 fully saturated rings. The molecule has 0 aromatic heterocycles. The number of carbonyl (C=O) groups is 2. The molecule has 9 nitrogen and oxygen atoms in total. The number of methoxy groups -OCH3 is 2. The van der Waals surface area contributed by atoms with Crippen LogP contribution in [-0.2, 0) is 4.79 Å². The van der Waals surface area contributed by atoms with E-state index in [-0.39, 0.29) is 12.3 Å². The number of urea groups is 1. The molecule has 1 aromatic carbocycles. The van der Waals surface area contributed by atoms with Crippen molar-refractivity contribution in [2.24, 2.45) is 0 Å². The van der Waals surface area contributed by atoms with Crippen LogP contribution in [0.2, 0.25) is 0 Å². The van der Waals surface area contributed by atoms with Gasteiger partial charge in [-0.1, -0.05) is 0 Å². The van der Waals surface area contributed by atoms with Crippen LogP contribution < -0.4 is 25.0 Å². The third kappa shape index (κ3) is 4.36. The van der Waals surface area contributed by atoms with Crippen molar-refractivity contribution >= 4 is 17.6 Å². The van der Waals surface area contributed by atoms with E-state index in [0.29, 0.717) is 23.7 Å². The molecule has 0 saturated carbocycles. The van der Waals surface area contributed by atoms with Gasteiger partial charge in [0.25, 0.3) is 0 Å². The Hall–Kier alpha value is -2.52. The van der Waals surface area contributed by atoms with E-state index < -0.39 is 30.8 Å². The highest BCUT2D eigenvalue weighted by molar-refractivity contribution is 5.97. The summed E-state index contributed by atoms with van der Waals surface area (Å²) in [4.78, 5) is 25.9. The number of carbonyl (C=O) groups excluding carboxylic acids is 2. The average Bonchev–Trinajstić information content (AvgIpc) is 3.00. The maximum atomic E-state index is 12.3. The fourth-order valence-corrected chi connectivity index (χ4v) is 2.67. The molecule has 1 aliphatic heterocycles. The van der Waals surface area contributed by atoms with Crippen molar-refractivity contribution in [1.82, 2.24) is 10.6 Å². The number of hydrogen-bond donors (Lipinski definition) is 4. The van der Waals surface area contributed by atoms with Gasteiger partial charge >= 0.3 is 6.03 Å². The van der Waals surface area contributed by atoms with E-state index in [4.69, 9.17) is 9.47 Å². The summed E-state index contributed by atoms with van der Waals surface area (Å²) in [6.45, 7) is 1.01. The van der Waals surface area contributed by atoms with E-state index in [0.717, 1.165) is 0 Å². The minimum atomic E-state index is -1.13. The van der Waals surface area contributed by atoms with Gasteiger partial charge in [0, 0.05) is 24.7 Å². The Bertz CT molecular complexity index is 662. The van der Waals surface area contributed by atoms with Crippen LogP contribution in [0.25, 0.3) is 0 Å². The quantitative estimate of drug-likeness (QED) is 0.532. The minimum Gasteiger partial charge on any atom is -0.493 e. The molecule has 0 spiro atoms. The van der Waals surface area contributed by atoms with Crippen LogP contribution in [0.4, 0.5) is 10.5 Å². The molecule has 1 aromatic rings. The maximum absolute atomic E-state index is 12.3. The Morgan fingerprint density at radius 3 is 2.50 bits per heavy atom. The molecule has 0 unspecified atom stereocenters. The second-order valence-corrected chi connectivity index (χ2v) is 6.42. The first-order valence-corrected chi connectivity index (χ1v) is 8.18. The van der Waals surface area contributed by atoms with E-state index >= 15 is 0 Å². The number of hydrogen-bond acceptors (Lipinski definition) is 6. The summed E-state index contributed by atoms with van der Waals surface area (Å²) in [6, 6.07) is 4.21. The van der Waals surface area contributed by atoms with Crippen LogP contribution in [0, 0.1) is 0 Å². The van der Waals surface area contributed by atoms with Crippen molar-refractivity contribution in [1.29, 1.82) is 0 Å². The molecule has 0 bridgehead atoms. The fraction of sp³-hybridized carbons (Fsp3) is 0.529. The van der Waals surface area contributed by atoms with Crippen LogP contribution in [0.15, 0.2) is 18.2 Å². The summed E-state index contributed by atoms with van der Waals surface area (Å²) in [5, 5.41) is 23.7. The first kappa shape index (κ1) is 19.8. The maximum Gasteiger partial charge on any atom is 0.315 e. The van der Waals surface area contributed by atoms with Gasteiger partial charge in [-0.25, -0.2) is 4.79 Å². The molecule has 0 aliphatic carbocycles. The molecule has 26 heavy (non-hydrogen) atoms. The first-order chi connectivity index (χ1) is 12.4. The van der Waals surface area contributed by atoms with Gasteiger partial charge in [0.05, 0.1) is 39.0 Å². The molecule has 2 rings (SSSR count). The molecule has 4 N–H and O–H groups in total. The fourth-order valence-electron chi connectivity index (χ4n) is 2.67. The highest BCUT2D eigenvalue weighted by Gasteiger charge is 2.33. The van der Waals surface area contributed by atoms with E-state index in [1.807, 2.05) is 0 Å². The van der Waals surface area contributed by atoms with Gasteiger partial charge in [0.15, 0.2) is 11.5 Å². The minimum absolute atomic E-state index is 0.130. The normalized spacial score (nSPS) is 17.2. The monoisotopic (exact) mass is 367 g/mol. The lowest BCUT2D eigenvalue weighted by molar-refractivity contribution is -0.117. The number of anilines is 1. The molecule has 1 heterocycles. The first-order valence-electron chi connectivity index (χ1n) is 8.18. The molecular formula is C17H25N3O6. The van der Waals surface area contributed by atoms with Gasteiger partial charge in [0.1, 0.15) is 0 Å². The number of aliphatic hydroxyl groups is 2. The number of nitrogens with one attached hydrogen (secondary N) is 2. The molecule has 3 amide bonds. The SMILES string of the molecule is COc1ccc(N2C[C@H](NC(=O)NC(C)(CO)CO)CC2=O)cc1OC. The lowest BCUT2D eigenvalue weighted by Crippen LogP contribution is -2.56. The summed E-state index contributed by atoms with van der Waals surface area (Å²) < 4.78 is 10.4. The highest BCUT2D eigenvalue weighted by Crippen LogP contribution is 2.33. The number of rotatable bonds is 7. The van der Waals surface area contributed by atoms with Crippen LogP contribution in [0.1, 0.15) is 13.3 Å². The van der Waals surface area contributed by atoms with Gasteiger partial charge in [-0.15, -0.1) is 0 Å². The highest BCUT2D eigenvalue weighted by atomic mass is 16.5. The van der Waals surface area contributed by atoms with E-state index in [9.17, 15) is 19.8 Å². The van der Waals surface area contributed by atoms with Gasteiger partial charge in [0.2, 0.25) is 5.91 Å². The Morgan fingerprint density at radius 2 is 1.92 bits per heavy atom. The number of amides is 3. The largest absolute Gasteiger partial charge is 0.493 e. The third-order valence-corrected chi connectivity index (χ3v) is 4.25. The molecule has 9 heteroatoms. The smallest absolute Gasteiger partial charge is 0.315 e. The van der Waals surface area contributed by atoms with Gasteiger partial charge < -0.3 is 35.2 Å². The summed E-state index contributed by atoms with van der Waals surface area (Å²) >= 11 is 0. The standard InChI is InChI=1S/C17H25N3O6/c1-17(9-21,10-22)19-16(24)18-11-6-15(23)20(8-11)12-4-5-13(25-2)14(7-12)26-3/h4-5,7,11,21-22H,6,8-10H2,1-3H3,(H2,18,19,24)/t11-/m1/s1. The summed E-state index contributed by atoms with van der Waals surface area (Å²) in [6.07, 6.45) is 0.150. The van der Waals surface area contributed by atoms with Crippen molar-refractivity contribution in [2.75, 3.05) is 38.9 Å². The van der Waals surface area contributed by atoms with Crippen LogP contribution >= 0.6 is 0 Å². The Kier molecular flexibility index (Phi) is 6.27. The second-order valence-electron chi connectivity index (χ2n) is 6.42. The molecular weight excluding hydrogens is 342 g/mol. The van der Waals surface area contributed by atoms with Crippen molar-refractivity contribution in [2.45, 2.75) is 24.9 Å². The number of nitrogens with zero attached hydrogens (tertiary/aromatic N) is 1. The lowest BCUT2D eigenvalue weighted by Gasteiger charge is -2.27. The number of benzene rings is 1. The van der Waals surface area contributed by atoms with E-state index in [1.54, 1.807) is 23.1 Å². The molecule has 0 radical (unpaired) electrons. The zero-order chi connectivity index (χ0) is 19.3. The zero-order valence-corrected chi connectivity index (χ0v) is 15.1. The summed E-state index contributed by atoms with van der Waals surface area (Å²) in [5.74, 6) is 0.937. The number of ether oxygens (including phenoxy) is 2. The van der Waals surface area contributed by atoms with Gasteiger partial charge in [-0.05, 0) is 19.1 Å². The summed E-state index contributed by atoms with van der Waals surface area (Å²) in [5.41, 5.74) is -0.483. The van der Waals surface area contributed by atoms with Crippen molar-refractivity contribution in [3.05, 3.63) is 18.2 Å². The van der Waals surface area contributed by atoms with Gasteiger partial charge in [-0.3, -0.25) is 4.79 Å². The van der Waals surface area contributed by atoms with Gasteiger partial charge in [-0.2, -0.15) is 0 Å². The molecule has 144 valence electrons. The van der Waals surface area contributed by atoms with Crippen LogP contribution in [0.5, 0.6) is 11.5 Å². The summed E-state index contributed by atoms with van der Waals surface area (Å²) in [7, 11) is 3.05. The molecule has 1 atom stereocenters. The Morgan fingerprint density at radius 1 is 1.27 bits per heavy atom. The van der Waals surface area contributed by atoms with Crippen molar-refractivity contribution in [3.8, 4) is 11.5 Å². The van der Waals surface area contributed by atoms with Crippen LogP contribution in [-0.4, -0.2) is 67.7 Å². The predicted octanol–water partition coefficient (Wildman–Crippen LogP) is -0.148. The van der Waals surface area contributed by atoms with Crippen LogP contribution in [0.3, 0.4) is 0 Å². The van der Waals surface area contributed by atoms with E-state index in [1.165, 1.54) is 21.1 Å². The Labute approximate surface area is 151 Å². The number of aliphatic hydroxyl groups excluding tert-OH is 2. The van der Waals surface area contributed by atoms with Crippen molar-refractivity contribution in [3.63, 3.8) is 0 Å². The van der Waals surface area contributed by atoms with Crippen molar-refractivity contribution < 1.29 is 29.3 Å². The molecule has 1 aliphatic rings.